The summed E-state index contributed by atoms with van der Waals surface area (Å²) in [6.07, 6.45) is 4.19. The van der Waals surface area contributed by atoms with Crippen LogP contribution in [0, 0.1) is 11.8 Å². The van der Waals surface area contributed by atoms with Crippen molar-refractivity contribution in [3.63, 3.8) is 0 Å². The Kier molecular flexibility index (Phi) is 5.31. The van der Waals surface area contributed by atoms with Crippen molar-refractivity contribution in [3.05, 3.63) is 94.2 Å². The molecule has 5 aromatic rings. The van der Waals surface area contributed by atoms with E-state index in [-0.39, 0.29) is 0 Å². The van der Waals surface area contributed by atoms with Crippen LogP contribution in [0.3, 0.4) is 0 Å². The number of H-pyrrole nitrogens is 1. The maximum Gasteiger partial charge on any atom is 0.137 e. The molecule has 0 radical (unpaired) electrons. The highest BCUT2D eigenvalue weighted by molar-refractivity contribution is 7.99. The number of nitrogens with one attached hydrogen (secondary N) is 1. The third-order valence-electron chi connectivity index (χ3n) is 5.62. The van der Waals surface area contributed by atoms with Crippen LogP contribution >= 0.6 is 23.1 Å². The summed E-state index contributed by atoms with van der Waals surface area (Å²) in [5.74, 6) is 7.37. The van der Waals surface area contributed by atoms with Crippen molar-refractivity contribution in [3.8, 4) is 34.4 Å². The lowest BCUT2D eigenvalue weighted by Crippen LogP contribution is -2.00. The number of hydrogen-bond donors (Lipinski definition) is 1. The number of rotatable bonds is 5. The van der Waals surface area contributed by atoms with Crippen LogP contribution < -0.4 is 0 Å². The molecule has 33 heavy (non-hydrogen) atoms. The second-order valence-electron chi connectivity index (χ2n) is 7.79. The molecule has 0 saturated heterocycles. The molecular formula is C26H19N5S2. The van der Waals surface area contributed by atoms with Gasteiger partial charge in [-0.25, -0.2) is 9.67 Å². The van der Waals surface area contributed by atoms with Crippen LogP contribution in [-0.4, -0.2) is 30.7 Å². The molecule has 0 unspecified atom stereocenters. The van der Waals surface area contributed by atoms with Gasteiger partial charge in [-0.1, -0.05) is 48.2 Å². The minimum Gasteiger partial charge on any atom is -0.277 e. The molecule has 1 N–H and O–H groups in total. The molecule has 160 valence electrons. The lowest BCUT2D eigenvalue weighted by Gasteiger charge is -2.05. The number of nitrogens with zero attached hydrogens (tertiary/aromatic N) is 4. The predicted molar refractivity (Wildman–Crippen MR) is 133 cm³/mol. The molecule has 7 heteroatoms. The van der Waals surface area contributed by atoms with E-state index >= 15 is 0 Å². The molecule has 0 atom stereocenters. The first kappa shape index (κ1) is 20.0. The van der Waals surface area contributed by atoms with E-state index in [1.54, 1.807) is 35.8 Å². The average Bonchev–Trinajstić information content (AvgIpc) is 3.62. The van der Waals surface area contributed by atoms with Crippen LogP contribution in [0.25, 0.3) is 22.5 Å². The van der Waals surface area contributed by atoms with Crippen molar-refractivity contribution < 1.29 is 0 Å². The molecule has 3 aromatic heterocycles. The molecular weight excluding hydrogens is 446 g/mol. The van der Waals surface area contributed by atoms with Crippen molar-refractivity contribution in [2.24, 2.45) is 0 Å². The van der Waals surface area contributed by atoms with E-state index in [0.717, 1.165) is 40.5 Å². The molecule has 0 bridgehead atoms. The van der Waals surface area contributed by atoms with E-state index in [1.165, 1.54) is 27.1 Å². The van der Waals surface area contributed by atoms with Crippen molar-refractivity contribution in [2.75, 3.05) is 5.75 Å². The summed E-state index contributed by atoms with van der Waals surface area (Å²) in [6, 6.07) is 19.1. The fourth-order valence-electron chi connectivity index (χ4n) is 4.11. The Bertz CT molecular complexity index is 1470. The van der Waals surface area contributed by atoms with Gasteiger partial charge in [0.2, 0.25) is 0 Å². The second-order valence-corrected chi connectivity index (χ2v) is 9.75. The van der Waals surface area contributed by atoms with Crippen molar-refractivity contribution in [1.82, 2.24) is 25.0 Å². The molecule has 5 nitrogen and oxygen atoms in total. The van der Waals surface area contributed by atoms with Gasteiger partial charge in [0.05, 0.1) is 28.6 Å². The molecule has 6 rings (SSSR count). The number of fused-ring (bicyclic) bond motifs is 3. The molecule has 1 aliphatic carbocycles. The van der Waals surface area contributed by atoms with Crippen LogP contribution in [0.4, 0.5) is 0 Å². The van der Waals surface area contributed by atoms with Crippen LogP contribution in [0.1, 0.15) is 21.6 Å². The normalized spacial score (nSPS) is 11.6. The monoisotopic (exact) mass is 465 g/mol. The Morgan fingerprint density at radius 2 is 2.06 bits per heavy atom. The summed E-state index contributed by atoms with van der Waals surface area (Å²) >= 11 is 3.44. The van der Waals surface area contributed by atoms with Crippen molar-refractivity contribution in [1.29, 1.82) is 0 Å². The van der Waals surface area contributed by atoms with Gasteiger partial charge < -0.3 is 0 Å². The highest BCUT2D eigenvalue weighted by atomic mass is 32.2. The lowest BCUT2D eigenvalue weighted by molar-refractivity contribution is 0.684. The number of thioether (sulfide) groups is 1. The first-order chi connectivity index (χ1) is 16.3. The first-order valence-electron chi connectivity index (χ1n) is 10.6. The summed E-state index contributed by atoms with van der Waals surface area (Å²) in [7, 11) is 0. The molecule has 0 amide bonds. The van der Waals surface area contributed by atoms with Crippen molar-refractivity contribution in [2.45, 2.75) is 17.9 Å². The SMILES string of the molecule is C(#Cc1cc(-c2n[nH]c3c2Cc2cc(Cn4cncn4)ccc2-3)cs1)CSc1ccccc1. The Morgan fingerprint density at radius 1 is 1.12 bits per heavy atom. The van der Waals surface area contributed by atoms with E-state index in [0.29, 0.717) is 0 Å². The fourth-order valence-corrected chi connectivity index (χ4v) is 5.53. The smallest absolute Gasteiger partial charge is 0.137 e. The molecule has 1 aliphatic rings. The average molecular weight is 466 g/mol. The zero-order valence-electron chi connectivity index (χ0n) is 17.7. The van der Waals surface area contributed by atoms with E-state index in [1.807, 2.05) is 10.7 Å². The van der Waals surface area contributed by atoms with E-state index in [4.69, 9.17) is 0 Å². The Morgan fingerprint density at radius 3 is 2.94 bits per heavy atom. The van der Waals surface area contributed by atoms with Gasteiger partial charge >= 0.3 is 0 Å². The fraction of sp³-hybridized carbons (Fsp3) is 0.115. The topological polar surface area (TPSA) is 59.4 Å². The Labute approximate surface area is 199 Å². The zero-order chi connectivity index (χ0) is 22.0. The predicted octanol–water partition coefficient (Wildman–Crippen LogP) is 5.49. The van der Waals surface area contributed by atoms with Gasteiger partial charge in [0.25, 0.3) is 0 Å². The van der Waals surface area contributed by atoms with Crippen LogP contribution in [0.5, 0.6) is 0 Å². The highest BCUT2D eigenvalue weighted by Crippen LogP contribution is 2.41. The Hall–Kier alpha value is -3.60. The van der Waals surface area contributed by atoms with E-state index in [2.05, 4.69) is 86.0 Å². The maximum atomic E-state index is 4.65. The Balaban J connectivity index is 1.18. The van der Waals surface area contributed by atoms with Gasteiger partial charge in [0.15, 0.2) is 0 Å². The molecule has 3 heterocycles. The van der Waals surface area contributed by atoms with Gasteiger partial charge in [0.1, 0.15) is 12.7 Å². The first-order valence-corrected chi connectivity index (χ1v) is 12.5. The summed E-state index contributed by atoms with van der Waals surface area (Å²) < 4.78 is 1.84. The largest absolute Gasteiger partial charge is 0.277 e. The quantitative estimate of drug-likeness (QED) is 0.270. The van der Waals surface area contributed by atoms with E-state index in [9.17, 15) is 0 Å². The molecule has 2 aromatic carbocycles. The number of thiophene rings is 1. The standard InChI is InChI=1S/C26H19N5S2/c1-2-5-21(6-3-1)32-10-4-7-22-12-20(15-33-22)25-24-13-19-11-18(14-31-17-27-16-28-31)8-9-23(19)26(24)30-29-25/h1-3,5-6,8-9,11-12,15-17H,10,13-14H2,(H,29,30). The molecule has 0 aliphatic heterocycles. The van der Waals surface area contributed by atoms with Gasteiger partial charge in [-0.05, 0) is 29.3 Å². The second kappa shape index (κ2) is 8.74. The number of aromatic amines is 1. The van der Waals surface area contributed by atoms with Crippen LogP contribution in [0.15, 0.2) is 77.5 Å². The number of aromatic nitrogens is 5. The third kappa shape index (κ3) is 4.11. The van der Waals surface area contributed by atoms with Crippen LogP contribution in [-0.2, 0) is 13.0 Å². The summed E-state index contributed by atoms with van der Waals surface area (Å²) in [6.45, 7) is 0.724. The minimum absolute atomic E-state index is 0.724. The summed E-state index contributed by atoms with van der Waals surface area (Å²) in [5.41, 5.74) is 8.34. The number of benzene rings is 2. The van der Waals surface area contributed by atoms with Gasteiger partial charge in [-0.15, -0.1) is 23.1 Å². The molecule has 0 fully saturated rings. The number of hydrogen-bond acceptors (Lipinski definition) is 5. The van der Waals surface area contributed by atoms with Gasteiger partial charge in [-0.2, -0.15) is 10.2 Å². The molecule has 0 spiro atoms. The maximum absolute atomic E-state index is 4.65. The third-order valence-corrected chi connectivity index (χ3v) is 7.36. The minimum atomic E-state index is 0.724. The highest BCUT2D eigenvalue weighted by Gasteiger charge is 2.25. The van der Waals surface area contributed by atoms with Gasteiger partial charge in [0, 0.05) is 33.4 Å². The summed E-state index contributed by atoms with van der Waals surface area (Å²) in [5, 5.41) is 14.3. The zero-order valence-corrected chi connectivity index (χ0v) is 19.3. The van der Waals surface area contributed by atoms with Crippen molar-refractivity contribution >= 4 is 23.1 Å². The summed E-state index contributed by atoms with van der Waals surface area (Å²) in [4.78, 5) is 6.34. The van der Waals surface area contributed by atoms with Crippen LogP contribution in [0.2, 0.25) is 0 Å². The van der Waals surface area contributed by atoms with E-state index < -0.39 is 0 Å². The molecule has 0 saturated carbocycles. The lowest BCUT2D eigenvalue weighted by atomic mass is 10.1. The van der Waals surface area contributed by atoms with Gasteiger partial charge in [-0.3, -0.25) is 5.10 Å².